The number of hydrogen-bond acceptors (Lipinski definition) is 0. The van der Waals surface area contributed by atoms with Crippen LogP contribution in [0.4, 0.5) is 0 Å². The Morgan fingerprint density at radius 1 is 1.86 bits per heavy atom. The average Bonchev–Trinajstić information content (AvgIpc) is 2.43. The maximum absolute atomic E-state index is 5.10. The summed E-state index contributed by atoms with van der Waals surface area (Å²) in [6.45, 7) is 3.63. The third-order valence-electron chi connectivity index (χ3n) is 1.36. The Kier molecular flexibility index (Phi) is 0.906. The van der Waals surface area contributed by atoms with Crippen molar-refractivity contribution in [1.82, 2.24) is 0 Å². The van der Waals surface area contributed by atoms with Gasteiger partial charge in [0, 0.05) is 5.92 Å². The fourth-order valence-corrected chi connectivity index (χ4v) is 0.667. The third kappa shape index (κ3) is 0.667. The Bertz CT molecular complexity index is 116. The van der Waals surface area contributed by atoms with Crippen molar-refractivity contribution >= 4 is 0 Å². The summed E-state index contributed by atoms with van der Waals surface area (Å²) >= 11 is 0. The highest BCUT2D eigenvalue weighted by Crippen LogP contribution is 2.37. The molecule has 0 bridgehead atoms. The summed E-state index contributed by atoms with van der Waals surface area (Å²) in [5.41, 5.74) is 0. The van der Waals surface area contributed by atoms with E-state index in [1.54, 1.807) is 0 Å². The Labute approximate surface area is 44.2 Å². The van der Waals surface area contributed by atoms with E-state index in [0.29, 0.717) is 11.8 Å². The normalized spacial score (nSPS) is 36.4. The van der Waals surface area contributed by atoms with Crippen molar-refractivity contribution in [3.63, 3.8) is 0 Å². The molecule has 0 heteroatoms. The molecule has 1 fully saturated rings. The topological polar surface area (TPSA) is 0 Å². The SMILES string of the molecule is C#C[C@H]1C[C@@H]1C=C. The minimum absolute atomic E-state index is 0.525. The maximum Gasteiger partial charge on any atom is 0.0269 e. The van der Waals surface area contributed by atoms with Gasteiger partial charge < -0.3 is 0 Å². The van der Waals surface area contributed by atoms with E-state index >= 15 is 0 Å². The molecule has 0 unspecified atom stereocenters. The molecule has 0 radical (unpaired) electrons. The van der Waals surface area contributed by atoms with Gasteiger partial charge in [-0.2, -0.15) is 0 Å². The molecule has 2 atom stereocenters. The molecule has 0 aliphatic heterocycles. The van der Waals surface area contributed by atoms with E-state index in [-0.39, 0.29) is 0 Å². The summed E-state index contributed by atoms with van der Waals surface area (Å²) in [7, 11) is 0. The van der Waals surface area contributed by atoms with Gasteiger partial charge >= 0.3 is 0 Å². The molecule has 7 heavy (non-hydrogen) atoms. The first kappa shape index (κ1) is 4.46. The van der Waals surface area contributed by atoms with Crippen molar-refractivity contribution in [2.24, 2.45) is 11.8 Å². The van der Waals surface area contributed by atoms with E-state index in [0.717, 1.165) is 0 Å². The largest absolute Gasteiger partial charge is 0.120 e. The zero-order valence-corrected chi connectivity index (χ0v) is 4.22. The Morgan fingerprint density at radius 3 is 2.71 bits per heavy atom. The van der Waals surface area contributed by atoms with Crippen molar-refractivity contribution in [2.75, 3.05) is 0 Å². The van der Waals surface area contributed by atoms with E-state index in [1.165, 1.54) is 6.42 Å². The first-order valence-corrected chi connectivity index (χ1v) is 2.47. The predicted molar refractivity (Wildman–Crippen MR) is 30.6 cm³/mol. The lowest BCUT2D eigenvalue weighted by atomic mass is 10.3. The smallest absolute Gasteiger partial charge is 0.0269 e. The van der Waals surface area contributed by atoms with Gasteiger partial charge in [0.05, 0.1) is 0 Å². The van der Waals surface area contributed by atoms with E-state index in [1.807, 2.05) is 6.08 Å². The molecular formula is C7H8. The Balaban J connectivity index is 2.34. The monoisotopic (exact) mass is 92.1 g/mol. The second kappa shape index (κ2) is 1.42. The summed E-state index contributed by atoms with van der Waals surface area (Å²) < 4.78 is 0. The van der Waals surface area contributed by atoms with Gasteiger partial charge in [-0.1, -0.05) is 6.08 Å². The summed E-state index contributed by atoms with van der Waals surface area (Å²) in [6, 6.07) is 0. The lowest BCUT2D eigenvalue weighted by Crippen LogP contribution is -1.66. The van der Waals surface area contributed by atoms with Gasteiger partial charge in [0.1, 0.15) is 0 Å². The fraction of sp³-hybridized carbons (Fsp3) is 0.429. The lowest BCUT2D eigenvalue weighted by Gasteiger charge is -1.72. The first-order valence-electron chi connectivity index (χ1n) is 2.47. The van der Waals surface area contributed by atoms with Crippen LogP contribution in [0, 0.1) is 24.2 Å². The second-order valence-electron chi connectivity index (χ2n) is 1.91. The van der Waals surface area contributed by atoms with Gasteiger partial charge in [-0.3, -0.25) is 0 Å². The van der Waals surface area contributed by atoms with Crippen LogP contribution in [0.5, 0.6) is 0 Å². The van der Waals surface area contributed by atoms with Crippen molar-refractivity contribution in [3.05, 3.63) is 12.7 Å². The fourth-order valence-electron chi connectivity index (χ4n) is 0.667. The molecule has 1 saturated carbocycles. The van der Waals surface area contributed by atoms with Crippen LogP contribution in [-0.4, -0.2) is 0 Å². The highest BCUT2D eigenvalue weighted by atomic mass is 14.3. The van der Waals surface area contributed by atoms with E-state index in [2.05, 4.69) is 12.5 Å². The molecule has 0 spiro atoms. The first-order chi connectivity index (χ1) is 3.38. The van der Waals surface area contributed by atoms with Crippen molar-refractivity contribution in [3.8, 4) is 12.3 Å². The van der Waals surface area contributed by atoms with Crippen LogP contribution in [0.2, 0.25) is 0 Å². The summed E-state index contributed by atoms with van der Waals surface area (Å²) in [5, 5.41) is 0. The molecule has 0 aromatic heterocycles. The highest BCUT2D eigenvalue weighted by molar-refractivity contribution is 5.12. The van der Waals surface area contributed by atoms with Crippen molar-refractivity contribution < 1.29 is 0 Å². The molecular weight excluding hydrogens is 84.1 g/mol. The molecule has 0 aromatic carbocycles. The van der Waals surface area contributed by atoms with Gasteiger partial charge in [-0.15, -0.1) is 18.9 Å². The van der Waals surface area contributed by atoms with Crippen LogP contribution in [-0.2, 0) is 0 Å². The minimum Gasteiger partial charge on any atom is -0.120 e. The van der Waals surface area contributed by atoms with Crippen molar-refractivity contribution in [1.29, 1.82) is 0 Å². The molecule has 0 aromatic rings. The highest BCUT2D eigenvalue weighted by Gasteiger charge is 2.31. The predicted octanol–water partition coefficient (Wildman–Crippen LogP) is 1.44. The van der Waals surface area contributed by atoms with Gasteiger partial charge in [-0.25, -0.2) is 0 Å². The van der Waals surface area contributed by atoms with E-state index in [9.17, 15) is 0 Å². The van der Waals surface area contributed by atoms with Crippen LogP contribution in [0.3, 0.4) is 0 Å². The van der Waals surface area contributed by atoms with Crippen LogP contribution in [0.1, 0.15) is 6.42 Å². The standard InChI is InChI=1S/C7H8/c1-3-6-5-7(6)4-2/h1,4,6-7H,2,5H2/t6-,7-/m0/s1. The molecule has 1 aliphatic rings. The third-order valence-corrected chi connectivity index (χ3v) is 1.36. The number of rotatable bonds is 1. The summed E-state index contributed by atoms with van der Waals surface area (Å²) in [4.78, 5) is 0. The molecule has 0 heterocycles. The minimum atomic E-state index is 0.525. The molecule has 0 N–H and O–H groups in total. The molecule has 0 saturated heterocycles. The number of terminal acetylenes is 1. The van der Waals surface area contributed by atoms with Crippen molar-refractivity contribution in [2.45, 2.75) is 6.42 Å². The Hall–Kier alpha value is -0.700. The van der Waals surface area contributed by atoms with Gasteiger partial charge in [0.2, 0.25) is 0 Å². The molecule has 0 amide bonds. The summed E-state index contributed by atoms with van der Waals surface area (Å²) in [6.07, 6.45) is 8.20. The average molecular weight is 92.1 g/mol. The second-order valence-corrected chi connectivity index (χ2v) is 1.91. The maximum atomic E-state index is 5.10. The number of hydrogen-bond donors (Lipinski definition) is 0. The zero-order valence-electron chi connectivity index (χ0n) is 4.22. The number of allylic oxidation sites excluding steroid dienone is 1. The van der Waals surface area contributed by atoms with Gasteiger partial charge in [0.25, 0.3) is 0 Å². The quantitative estimate of drug-likeness (QED) is 0.339. The van der Waals surface area contributed by atoms with Crippen LogP contribution >= 0.6 is 0 Å². The van der Waals surface area contributed by atoms with Gasteiger partial charge in [0.15, 0.2) is 0 Å². The van der Waals surface area contributed by atoms with Crippen LogP contribution in [0.25, 0.3) is 0 Å². The molecule has 1 rings (SSSR count). The Morgan fingerprint density at radius 2 is 2.57 bits per heavy atom. The van der Waals surface area contributed by atoms with Crippen LogP contribution < -0.4 is 0 Å². The van der Waals surface area contributed by atoms with Gasteiger partial charge in [-0.05, 0) is 12.3 Å². The summed E-state index contributed by atoms with van der Waals surface area (Å²) in [5.74, 6) is 3.84. The zero-order chi connectivity index (χ0) is 5.28. The molecule has 1 aliphatic carbocycles. The molecule has 0 nitrogen and oxygen atoms in total. The molecule has 36 valence electrons. The lowest BCUT2D eigenvalue weighted by molar-refractivity contribution is 1.03. The van der Waals surface area contributed by atoms with E-state index < -0.39 is 0 Å². The van der Waals surface area contributed by atoms with E-state index in [4.69, 9.17) is 6.42 Å². The van der Waals surface area contributed by atoms with Crippen LogP contribution in [0.15, 0.2) is 12.7 Å².